The maximum absolute atomic E-state index is 12.2. The van der Waals surface area contributed by atoms with Crippen LogP contribution >= 0.6 is 0 Å². The third kappa shape index (κ3) is 6.50. The molecule has 5 heteroatoms. The highest BCUT2D eigenvalue weighted by atomic mass is 16.2. The molecule has 0 radical (unpaired) electrons. The average molecular weight is 380 g/mol. The van der Waals surface area contributed by atoms with Crippen molar-refractivity contribution in [3.63, 3.8) is 0 Å². The highest BCUT2D eigenvalue weighted by Crippen LogP contribution is 2.17. The zero-order valence-electron chi connectivity index (χ0n) is 16.5. The Kier molecular flexibility index (Phi) is 7.20. The Balaban J connectivity index is 1.41. The van der Waals surface area contributed by atoms with Crippen molar-refractivity contribution in [1.29, 1.82) is 0 Å². The number of carbonyl (C=O) groups excluding carboxylic acids is 2. The quantitative estimate of drug-likeness (QED) is 0.766. The van der Waals surface area contributed by atoms with Gasteiger partial charge in [-0.15, -0.1) is 0 Å². The van der Waals surface area contributed by atoms with Gasteiger partial charge in [0.05, 0.1) is 6.54 Å². The van der Waals surface area contributed by atoms with E-state index in [0.717, 1.165) is 55.2 Å². The normalized spacial score (nSPS) is 15.2. The van der Waals surface area contributed by atoms with Crippen LogP contribution in [0.2, 0.25) is 0 Å². The summed E-state index contributed by atoms with van der Waals surface area (Å²) in [4.78, 5) is 26.5. The lowest BCUT2D eigenvalue weighted by atomic mass is 9.99. The third-order valence-electron chi connectivity index (χ3n) is 5.18. The first-order chi connectivity index (χ1) is 13.6. The minimum atomic E-state index is -0.0139. The van der Waals surface area contributed by atoms with Gasteiger partial charge in [0, 0.05) is 17.8 Å². The van der Waals surface area contributed by atoms with Crippen LogP contribution in [-0.4, -0.2) is 36.3 Å². The first kappa shape index (κ1) is 20.1. The van der Waals surface area contributed by atoms with Gasteiger partial charge in [-0.05, 0) is 68.1 Å². The number of piperidine rings is 1. The topological polar surface area (TPSA) is 61.4 Å². The van der Waals surface area contributed by atoms with Crippen LogP contribution in [0.5, 0.6) is 0 Å². The number of anilines is 2. The maximum atomic E-state index is 12.2. The van der Waals surface area contributed by atoms with Gasteiger partial charge in [-0.2, -0.15) is 0 Å². The van der Waals surface area contributed by atoms with Crippen molar-refractivity contribution in [3.8, 4) is 0 Å². The molecule has 1 aliphatic rings. The lowest BCUT2D eigenvalue weighted by molar-refractivity contribution is -0.118. The molecular weight excluding hydrogens is 350 g/mol. The predicted octanol–water partition coefficient (Wildman–Crippen LogP) is 3.93. The molecule has 2 aromatic rings. The SMILES string of the molecule is CC1CCN(CC(=O)Nc2ccc(NC(=O)CCc3ccccc3)cc2)CC1. The van der Waals surface area contributed by atoms with Gasteiger partial charge >= 0.3 is 0 Å². The molecule has 0 aliphatic carbocycles. The van der Waals surface area contributed by atoms with Crippen molar-refractivity contribution < 1.29 is 9.59 Å². The molecular formula is C23H29N3O2. The predicted molar refractivity (Wildman–Crippen MR) is 113 cm³/mol. The smallest absolute Gasteiger partial charge is 0.238 e. The lowest BCUT2D eigenvalue weighted by Gasteiger charge is -2.29. The van der Waals surface area contributed by atoms with Crippen molar-refractivity contribution in [2.45, 2.75) is 32.6 Å². The summed E-state index contributed by atoms with van der Waals surface area (Å²) in [7, 11) is 0. The van der Waals surface area contributed by atoms with Crippen LogP contribution in [0, 0.1) is 5.92 Å². The molecule has 1 heterocycles. The van der Waals surface area contributed by atoms with Gasteiger partial charge in [0.25, 0.3) is 0 Å². The Morgan fingerprint density at radius 1 is 0.893 bits per heavy atom. The molecule has 5 nitrogen and oxygen atoms in total. The second-order valence-corrected chi connectivity index (χ2v) is 7.62. The number of aryl methyl sites for hydroxylation is 1. The van der Waals surface area contributed by atoms with Gasteiger partial charge in [-0.3, -0.25) is 14.5 Å². The van der Waals surface area contributed by atoms with Gasteiger partial charge in [0.15, 0.2) is 0 Å². The lowest BCUT2D eigenvalue weighted by Crippen LogP contribution is -2.38. The van der Waals surface area contributed by atoms with E-state index in [-0.39, 0.29) is 11.8 Å². The molecule has 148 valence electrons. The molecule has 2 aromatic carbocycles. The number of benzene rings is 2. The van der Waals surface area contributed by atoms with Crippen molar-refractivity contribution in [2.24, 2.45) is 5.92 Å². The molecule has 0 aromatic heterocycles. The van der Waals surface area contributed by atoms with Gasteiger partial charge in [0.2, 0.25) is 11.8 Å². The largest absolute Gasteiger partial charge is 0.326 e. The Labute approximate surface area is 167 Å². The highest BCUT2D eigenvalue weighted by Gasteiger charge is 2.17. The number of likely N-dealkylation sites (tertiary alicyclic amines) is 1. The van der Waals surface area contributed by atoms with E-state index >= 15 is 0 Å². The van der Waals surface area contributed by atoms with E-state index in [0.29, 0.717) is 13.0 Å². The highest BCUT2D eigenvalue weighted by molar-refractivity contribution is 5.93. The Bertz CT molecular complexity index is 766. The molecule has 0 saturated carbocycles. The number of hydrogen-bond donors (Lipinski definition) is 2. The van der Waals surface area contributed by atoms with Crippen molar-refractivity contribution in [2.75, 3.05) is 30.3 Å². The summed E-state index contributed by atoms with van der Waals surface area (Å²) in [6, 6.07) is 17.3. The van der Waals surface area contributed by atoms with Gasteiger partial charge < -0.3 is 10.6 Å². The molecule has 28 heavy (non-hydrogen) atoms. The summed E-state index contributed by atoms with van der Waals surface area (Å²) < 4.78 is 0. The van der Waals surface area contributed by atoms with Crippen LogP contribution in [0.25, 0.3) is 0 Å². The van der Waals surface area contributed by atoms with Crippen LogP contribution in [0.4, 0.5) is 11.4 Å². The third-order valence-corrected chi connectivity index (χ3v) is 5.18. The summed E-state index contributed by atoms with van der Waals surface area (Å²) in [5, 5.41) is 5.84. The van der Waals surface area contributed by atoms with E-state index < -0.39 is 0 Å². The van der Waals surface area contributed by atoms with Crippen molar-refractivity contribution in [1.82, 2.24) is 4.90 Å². The number of nitrogens with zero attached hydrogens (tertiary/aromatic N) is 1. The molecule has 0 atom stereocenters. The zero-order valence-corrected chi connectivity index (χ0v) is 16.5. The zero-order chi connectivity index (χ0) is 19.8. The van der Waals surface area contributed by atoms with Gasteiger partial charge in [0.1, 0.15) is 0 Å². The molecule has 0 spiro atoms. The fourth-order valence-electron chi connectivity index (χ4n) is 3.39. The molecule has 1 saturated heterocycles. The second-order valence-electron chi connectivity index (χ2n) is 7.62. The van der Waals surface area contributed by atoms with E-state index in [1.807, 2.05) is 54.6 Å². The summed E-state index contributed by atoms with van der Waals surface area (Å²) >= 11 is 0. The minimum Gasteiger partial charge on any atom is -0.326 e. The molecule has 1 fully saturated rings. The Morgan fingerprint density at radius 3 is 2.07 bits per heavy atom. The second kappa shape index (κ2) is 10.0. The molecule has 0 unspecified atom stereocenters. The van der Waals surface area contributed by atoms with Crippen LogP contribution in [-0.2, 0) is 16.0 Å². The summed E-state index contributed by atoms with van der Waals surface area (Å²) in [5.74, 6) is 0.754. The number of carbonyl (C=O) groups is 2. The number of hydrogen-bond acceptors (Lipinski definition) is 3. The van der Waals surface area contributed by atoms with Crippen LogP contribution in [0.1, 0.15) is 31.7 Å². The number of amides is 2. The van der Waals surface area contributed by atoms with E-state index in [9.17, 15) is 9.59 Å². The molecule has 2 N–H and O–H groups in total. The van der Waals surface area contributed by atoms with Gasteiger partial charge in [-0.1, -0.05) is 37.3 Å². The van der Waals surface area contributed by atoms with E-state index in [4.69, 9.17) is 0 Å². The Morgan fingerprint density at radius 2 is 1.46 bits per heavy atom. The first-order valence-electron chi connectivity index (χ1n) is 10.0. The van der Waals surface area contributed by atoms with Crippen LogP contribution in [0.15, 0.2) is 54.6 Å². The van der Waals surface area contributed by atoms with Gasteiger partial charge in [-0.25, -0.2) is 0 Å². The van der Waals surface area contributed by atoms with Crippen molar-refractivity contribution in [3.05, 3.63) is 60.2 Å². The van der Waals surface area contributed by atoms with E-state index in [2.05, 4.69) is 22.5 Å². The molecule has 2 amide bonds. The van der Waals surface area contributed by atoms with E-state index in [1.165, 1.54) is 0 Å². The van der Waals surface area contributed by atoms with E-state index in [1.54, 1.807) is 0 Å². The fraction of sp³-hybridized carbons (Fsp3) is 0.391. The standard InChI is InChI=1S/C23H29N3O2/c1-18-13-15-26(16-14-18)17-23(28)25-21-10-8-20(9-11-21)24-22(27)12-7-19-5-3-2-4-6-19/h2-6,8-11,18H,7,12-17H2,1H3,(H,24,27)(H,25,28). The Hall–Kier alpha value is -2.66. The maximum Gasteiger partial charge on any atom is 0.238 e. The first-order valence-corrected chi connectivity index (χ1v) is 10.0. The summed E-state index contributed by atoms with van der Waals surface area (Å²) in [6.45, 7) is 4.68. The molecule has 3 rings (SSSR count). The minimum absolute atomic E-state index is 0.00852. The fourth-order valence-corrected chi connectivity index (χ4v) is 3.39. The summed E-state index contributed by atoms with van der Waals surface area (Å²) in [5.41, 5.74) is 2.64. The summed E-state index contributed by atoms with van der Waals surface area (Å²) in [6.07, 6.45) is 3.48. The van der Waals surface area contributed by atoms with Crippen molar-refractivity contribution >= 4 is 23.2 Å². The monoisotopic (exact) mass is 379 g/mol. The molecule has 0 bridgehead atoms. The average Bonchev–Trinajstić information content (AvgIpc) is 2.70. The molecule has 1 aliphatic heterocycles. The number of nitrogens with one attached hydrogen (secondary N) is 2. The van der Waals surface area contributed by atoms with Crippen LogP contribution < -0.4 is 10.6 Å². The number of rotatable bonds is 7. The van der Waals surface area contributed by atoms with Crippen LogP contribution in [0.3, 0.4) is 0 Å².